The Morgan fingerprint density at radius 3 is 2.67 bits per heavy atom. The molecule has 1 atom stereocenters. The van der Waals surface area contributed by atoms with Crippen LogP contribution in [0.4, 0.5) is 0 Å². The molecule has 2 aromatic rings. The van der Waals surface area contributed by atoms with Crippen LogP contribution in [0.1, 0.15) is 48.9 Å². The number of aliphatic hydroxyl groups is 1. The number of thiazole rings is 1. The van der Waals surface area contributed by atoms with E-state index in [1.54, 1.807) is 17.6 Å². The predicted octanol–water partition coefficient (Wildman–Crippen LogP) is 3.62. The van der Waals surface area contributed by atoms with Gasteiger partial charge < -0.3 is 9.52 Å². The van der Waals surface area contributed by atoms with Gasteiger partial charge in [0.05, 0.1) is 23.1 Å². The second-order valence-corrected chi connectivity index (χ2v) is 6.47. The summed E-state index contributed by atoms with van der Waals surface area (Å²) in [5.41, 5.74) is 1.99. The molecule has 0 aliphatic heterocycles. The van der Waals surface area contributed by atoms with Crippen LogP contribution in [0.25, 0.3) is 0 Å². The van der Waals surface area contributed by atoms with Crippen LogP contribution in [0.3, 0.4) is 0 Å². The van der Waals surface area contributed by atoms with Gasteiger partial charge >= 0.3 is 0 Å². The molecule has 18 heavy (non-hydrogen) atoms. The molecule has 1 N–H and O–H groups in total. The van der Waals surface area contributed by atoms with Gasteiger partial charge in [0.25, 0.3) is 0 Å². The molecule has 2 rings (SSSR count). The third-order valence-electron chi connectivity index (χ3n) is 2.95. The van der Waals surface area contributed by atoms with Crippen LogP contribution in [0.15, 0.2) is 22.1 Å². The number of nitrogens with zero attached hydrogens (tertiary/aromatic N) is 1. The first-order valence-corrected chi connectivity index (χ1v) is 6.93. The first-order chi connectivity index (χ1) is 8.38. The van der Waals surface area contributed by atoms with E-state index in [1.165, 1.54) is 0 Å². The van der Waals surface area contributed by atoms with Gasteiger partial charge in [-0.25, -0.2) is 4.98 Å². The highest BCUT2D eigenvalue weighted by Crippen LogP contribution is 2.27. The normalized spacial score (nSPS) is 13.8. The topological polar surface area (TPSA) is 46.3 Å². The summed E-state index contributed by atoms with van der Waals surface area (Å²) >= 11 is 1.61. The molecule has 2 heterocycles. The monoisotopic (exact) mass is 265 g/mol. The summed E-state index contributed by atoms with van der Waals surface area (Å²) < 4.78 is 5.21. The van der Waals surface area contributed by atoms with Gasteiger partial charge in [-0.2, -0.15) is 0 Å². The van der Waals surface area contributed by atoms with E-state index in [4.69, 9.17) is 4.42 Å². The van der Waals surface area contributed by atoms with E-state index in [1.807, 2.05) is 13.0 Å². The molecular formula is C14H19NO2S. The zero-order chi connectivity index (χ0) is 13.3. The molecular weight excluding hydrogens is 246 g/mol. The maximum Gasteiger partial charge on any atom is 0.106 e. The lowest BCUT2D eigenvalue weighted by Crippen LogP contribution is -2.12. The van der Waals surface area contributed by atoms with Crippen LogP contribution < -0.4 is 0 Å². The Morgan fingerprint density at radius 2 is 2.17 bits per heavy atom. The van der Waals surface area contributed by atoms with Crippen molar-refractivity contribution in [3.8, 4) is 0 Å². The van der Waals surface area contributed by atoms with E-state index in [-0.39, 0.29) is 5.41 Å². The summed E-state index contributed by atoms with van der Waals surface area (Å²) in [4.78, 5) is 4.59. The second kappa shape index (κ2) is 4.86. The van der Waals surface area contributed by atoms with E-state index < -0.39 is 6.10 Å². The Balaban J connectivity index is 2.11. The number of hydrogen-bond donors (Lipinski definition) is 1. The highest BCUT2D eigenvalue weighted by Gasteiger charge is 2.20. The zero-order valence-electron chi connectivity index (χ0n) is 11.2. The molecule has 2 aromatic heterocycles. The Hall–Kier alpha value is -1.13. The molecule has 0 fully saturated rings. The molecule has 0 bridgehead atoms. The van der Waals surface area contributed by atoms with Crippen molar-refractivity contribution < 1.29 is 9.52 Å². The van der Waals surface area contributed by atoms with Crippen LogP contribution >= 0.6 is 11.3 Å². The third-order valence-corrected chi connectivity index (χ3v) is 3.82. The van der Waals surface area contributed by atoms with Gasteiger partial charge in [-0.1, -0.05) is 20.8 Å². The van der Waals surface area contributed by atoms with Crippen molar-refractivity contribution in [3.63, 3.8) is 0 Å². The van der Waals surface area contributed by atoms with Gasteiger partial charge in [0.15, 0.2) is 0 Å². The van der Waals surface area contributed by atoms with Crippen molar-refractivity contribution in [1.29, 1.82) is 0 Å². The minimum absolute atomic E-state index is 0.0608. The van der Waals surface area contributed by atoms with Crippen LogP contribution in [-0.2, 0) is 11.8 Å². The van der Waals surface area contributed by atoms with Gasteiger partial charge in [-0.05, 0) is 13.0 Å². The Morgan fingerprint density at radius 1 is 1.44 bits per heavy atom. The van der Waals surface area contributed by atoms with Crippen molar-refractivity contribution in [2.45, 2.75) is 45.6 Å². The van der Waals surface area contributed by atoms with Gasteiger partial charge in [0.1, 0.15) is 5.76 Å². The first kappa shape index (κ1) is 13.3. The van der Waals surface area contributed by atoms with E-state index in [0.717, 1.165) is 22.0 Å². The standard InChI is InChI=1S/C14H19NO2S/c1-9-10(5-6-17-9)11(16)7-13-15-12(8-18-13)14(2,3)4/h5-6,8,11,16H,7H2,1-4H3. The summed E-state index contributed by atoms with van der Waals surface area (Å²) in [6.07, 6.45) is 1.61. The van der Waals surface area contributed by atoms with Crippen molar-refractivity contribution in [2.75, 3.05) is 0 Å². The Kier molecular flexibility index (Phi) is 3.59. The summed E-state index contributed by atoms with van der Waals surface area (Å²) in [7, 11) is 0. The lowest BCUT2D eigenvalue weighted by Gasteiger charge is -2.14. The van der Waals surface area contributed by atoms with E-state index in [0.29, 0.717) is 6.42 Å². The lowest BCUT2D eigenvalue weighted by atomic mass is 9.93. The van der Waals surface area contributed by atoms with Crippen LogP contribution in [0, 0.1) is 6.92 Å². The summed E-state index contributed by atoms with van der Waals surface area (Å²) in [5.74, 6) is 0.773. The van der Waals surface area contributed by atoms with Crippen LogP contribution in [0.2, 0.25) is 0 Å². The fraction of sp³-hybridized carbons (Fsp3) is 0.500. The second-order valence-electron chi connectivity index (χ2n) is 5.53. The quantitative estimate of drug-likeness (QED) is 0.922. The highest BCUT2D eigenvalue weighted by molar-refractivity contribution is 7.09. The van der Waals surface area contributed by atoms with Crippen molar-refractivity contribution in [1.82, 2.24) is 4.98 Å². The van der Waals surface area contributed by atoms with Crippen LogP contribution in [0.5, 0.6) is 0 Å². The van der Waals surface area contributed by atoms with Gasteiger partial charge in [-0.15, -0.1) is 11.3 Å². The van der Waals surface area contributed by atoms with Crippen molar-refractivity contribution in [2.24, 2.45) is 0 Å². The summed E-state index contributed by atoms with van der Waals surface area (Å²) in [5, 5.41) is 13.2. The number of hydrogen-bond acceptors (Lipinski definition) is 4. The average molecular weight is 265 g/mol. The Bertz CT molecular complexity index is 522. The van der Waals surface area contributed by atoms with E-state index >= 15 is 0 Å². The minimum Gasteiger partial charge on any atom is -0.469 e. The molecule has 4 heteroatoms. The molecule has 0 saturated heterocycles. The molecule has 1 unspecified atom stereocenters. The number of aryl methyl sites for hydroxylation is 1. The predicted molar refractivity (Wildman–Crippen MR) is 72.9 cm³/mol. The number of aromatic nitrogens is 1. The van der Waals surface area contributed by atoms with Crippen LogP contribution in [-0.4, -0.2) is 10.1 Å². The Labute approximate surface area is 111 Å². The van der Waals surface area contributed by atoms with Gasteiger partial charge in [-0.3, -0.25) is 0 Å². The fourth-order valence-electron chi connectivity index (χ4n) is 1.76. The maximum absolute atomic E-state index is 10.2. The number of aliphatic hydroxyl groups excluding tert-OH is 1. The molecule has 3 nitrogen and oxygen atoms in total. The molecule has 0 aliphatic rings. The summed E-state index contributed by atoms with van der Waals surface area (Å²) in [6, 6.07) is 1.82. The first-order valence-electron chi connectivity index (χ1n) is 6.05. The smallest absolute Gasteiger partial charge is 0.106 e. The van der Waals surface area contributed by atoms with E-state index in [2.05, 4.69) is 31.1 Å². The number of furan rings is 1. The van der Waals surface area contributed by atoms with Crippen molar-refractivity contribution >= 4 is 11.3 Å². The third kappa shape index (κ3) is 2.82. The maximum atomic E-state index is 10.2. The fourth-order valence-corrected chi connectivity index (χ4v) is 2.82. The van der Waals surface area contributed by atoms with Gasteiger partial charge in [0.2, 0.25) is 0 Å². The van der Waals surface area contributed by atoms with Gasteiger partial charge in [0, 0.05) is 22.8 Å². The van der Waals surface area contributed by atoms with E-state index in [9.17, 15) is 5.11 Å². The molecule has 0 aliphatic carbocycles. The lowest BCUT2D eigenvalue weighted by molar-refractivity contribution is 0.176. The molecule has 0 aromatic carbocycles. The molecule has 0 radical (unpaired) electrons. The average Bonchev–Trinajstić information content (AvgIpc) is 2.85. The zero-order valence-corrected chi connectivity index (χ0v) is 12.0. The SMILES string of the molecule is Cc1occc1C(O)Cc1nc(C(C)(C)C)cs1. The highest BCUT2D eigenvalue weighted by atomic mass is 32.1. The summed E-state index contributed by atoms with van der Waals surface area (Å²) in [6.45, 7) is 8.29. The molecule has 98 valence electrons. The number of rotatable bonds is 3. The molecule has 0 saturated carbocycles. The molecule has 0 spiro atoms. The molecule has 0 amide bonds. The minimum atomic E-state index is -0.539. The largest absolute Gasteiger partial charge is 0.469 e. The van der Waals surface area contributed by atoms with Crippen molar-refractivity contribution in [3.05, 3.63) is 39.7 Å².